The quantitative estimate of drug-likeness (QED) is 0.288. The Morgan fingerprint density at radius 3 is 2.43 bits per heavy atom. The number of non-ortho nitro benzene ring substituents is 1. The molecule has 1 aromatic heterocycles. The lowest BCUT2D eigenvalue weighted by Gasteiger charge is -2.08. The predicted molar refractivity (Wildman–Crippen MR) is 107 cm³/mol. The second kappa shape index (κ2) is 9.64. The first-order valence-electron chi connectivity index (χ1n) is 9.39. The van der Waals surface area contributed by atoms with Crippen LogP contribution in [0.15, 0.2) is 52.9 Å². The molecule has 2 aromatic carbocycles. The lowest BCUT2D eigenvalue weighted by atomic mass is 10.1. The first kappa shape index (κ1) is 21.0. The summed E-state index contributed by atoms with van der Waals surface area (Å²) in [5, 5.41) is 18.4. The zero-order valence-corrected chi connectivity index (χ0v) is 16.6. The molecule has 0 unspecified atom stereocenters. The minimum absolute atomic E-state index is 0.0382. The summed E-state index contributed by atoms with van der Waals surface area (Å²) in [6.07, 6.45) is 0.954. The lowest BCUT2D eigenvalue weighted by molar-refractivity contribution is -0.384. The highest BCUT2D eigenvalue weighted by Gasteiger charge is 2.14. The molecule has 9 nitrogen and oxygen atoms in total. The van der Waals surface area contributed by atoms with E-state index in [1.807, 2.05) is 0 Å². The van der Waals surface area contributed by atoms with Crippen LogP contribution in [-0.2, 0) is 11.3 Å². The number of nitro benzene ring substituents is 1. The molecule has 0 spiro atoms. The van der Waals surface area contributed by atoms with E-state index in [-0.39, 0.29) is 24.1 Å². The van der Waals surface area contributed by atoms with Gasteiger partial charge in [-0.3, -0.25) is 10.1 Å². The van der Waals surface area contributed by atoms with Gasteiger partial charge >= 0.3 is 5.97 Å². The molecule has 30 heavy (non-hydrogen) atoms. The van der Waals surface area contributed by atoms with E-state index in [0.29, 0.717) is 29.4 Å². The Labute approximate surface area is 172 Å². The molecule has 1 heterocycles. The van der Waals surface area contributed by atoms with Gasteiger partial charge in [0.15, 0.2) is 6.61 Å². The molecule has 0 atom stereocenters. The molecule has 0 radical (unpaired) electrons. The van der Waals surface area contributed by atoms with Gasteiger partial charge in [-0.15, -0.1) is 10.2 Å². The Bertz CT molecular complexity index is 996. The van der Waals surface area contributed by atoms with Crippen molar-refractivity contribution in [1.29, 1.82) is 0 Å². The number of ether oxygens (including phenoxy) is 2. The summed E-state index contributed by atoms with van der Waals surface area (Å²) in [7, 11) is 0. The molecule has 0 saturated carbocycles. The molecule has 0 bridgehead atoms. The van der Waals surface area contributed by atoms with Gasteiger partial charge in [0.1, 0.15) is 5.75 Å². The predicted octanol–water partition coefficient (Wildman–Crippen LogP) is 4.43. The number of aromatic nitrogens is 2. The Hall–Kier alpha value is -3.75. The molecule has 156 valence electrons. The molecule has 0 aliphatic heterocycles. The third kappa shape index (κ3) is 5.63. The lowest BCUT2D eigenvalue weighted by Crippen LogP contribution is -2.06. The normalized spacial score (nSPS) is 10.8. The van der Waals surface area contributed by atoms with Gasteiger partial charge in [-0.05, 0) is 48.7 Å². The number of carbonyl (C=O) groups is 1. The van der Waals surface area contributed by atoms with Crippen LogP contribution in [0.2, 0.25) is 0 Å². The molecule has 0 aliphatic rings. The van der Waals surface area contributed by atoms with Gasteiger partial charge in [0.25, 0.3) is 11.6 Å². The second-order valence-electron chi connectivity index (χ2n) is 6.94. The van der Waals surface area contributed by atoms with Gasteiger partial charge in [-0.1, -0.05) is 13.8 Å². The van der Waals surface area contributed by atoms with Crippen molar-refractivity contribution in [3.05, 3.63) is 70.1 Å². The number of rotatable bonds is 9. The van der Waals surface area contributed by atoms with Gasteiger partial charge < -0.3 is 13.9 Å². The van der Waals surface area contributed by atoms with Crippen molar-refractivity contribution in [2.24, 2.45) is 5.92 Å². The molecule has 9 heteroatoms. The number of carbonyl (C=O) groups excluding carboxylic acids is 1. The summed E-state index contributed by atoms with van der Waals surface area (Å²) < 4.78 is 16.3. The fourth-order valence-electron chi connectivity index (χ4n) is 2.46. The molecule has 0 amide bonds. The molecule has 3 aromatic rings. The van der Waals surface area contributed by atoms with E-state index in [4.69, 9.17) is 13.9 Å². The van der Waals surface area contributed by atoms with E-state index in [2.05, 4.69) is 24.0 Å². The maximum atomic E-state index is 12.2. The van der Waals surface area contributed by atoms with Crippen LogP contribution in [-0.4, -0.2) is 27.7 Å². The molecule has 3 rings (SSSR count). The fraction of sp³-hybridized carbons (Fsp3) is 0.286. The summed E-state index contributed by atoms with van der Waals surface area (Å²) >= 11 is 0. The summed E-state index contributed by atoms with van der Waals surface area (Å²) in [6.45, 7) is 4.68. The number of hydrogen-bond acceptors (Lipinski definition) is 8. The van der Waals surface area contributed by atoms with Gasteiger partial charge in [0.2, 0.25) is 5.89 Å². The maximum Gasteiger partial charge on any atom is 0.338 e. The highest BCUT2D eigenvalue weighted by atomic mass is 16.6. The van der Waals surface area contributed by atoms with Gasteiger partial charge in [0.05, 0.1) is 17.1 Å². The highest BCUT2D eigenvalue weighted by molar-refractivity contribution is 5.89. The molecule has 0 N–H and O–H groups in total. The summed E-state index contributed by atoms with van der Waals surface area (Å²) in [4.78, 5) is 22.4. The Balaban J connectivity index is 1.53. The minimum Gasteiger partial charge on any atom is -0.494 e. The van der Waals surface area contributed by atoms with E-state index in [0.717, 1.165) is 6.42 Å². The maximum absolute atomic E-state index is 12.2. The largest absolute Gasteiger partial charge is 0.494 e. The van der Waals surface area contributed by atoms with Crippen LogP contribution in [0.3, 0.4) is 0 Å². The molecule has 0 aliphatic carbocycles. The van der Waals surface area contributed by atoms with Crippen molar-refractivity contribution >= 4 is 11.7 Å². The van der Waals surface area contributed by atoms with Gasteiger partial charge in [-0.2, -0.15) is 0 Å². The smallest absolute Gasteiger partial charge is 0.338 e. The number of hydrogen-bond donors (Lipinski definition) is 0. The monoisotopic (exact) mass is 411 g/mol. The first-order chi connectivity index (χ1) is 14.4. The number of benzene rings is 2. The van der Waals surface area contributed by atoms with E-state index < -0.39 is 10.9 Å². The van der Waals surface area contributed by atoms with Crippen molar-refractivity contribution in [2.45, 2.75) is 26.9 Å². The Morgan fingerprint density at radius 2 is 1.80 bits per heavy atom. The number of nitrogens with zero attached hydrogens (tertiary/aromatic N) is 3. The standard InChI is InChI=1S/C21H21N3O6/c1-14(2)11-12-28-18-9-5-16(6-10-18)21(25)29-13-19-22-23-20(30-19)15-3-7-17(8-4-15)24(26)27/h3-10,14H,11-13H2,1-2H3. The van der Waals surface area contributed by atoms with Crippen LogP contribution in [0.5, 0.6) is 5.75 Å². The van der Waals surface area contributed by atoms with Crippen molar-refractivity contribution < 1.29 is 23.6 Å². The van der Waals surface area contributed by atoms with E-state index in [1.165, 1.54) is 24.3 Å². The van der Waals surface area contributed by atoms with Crippen molar-refractivity contribution in [2.75, 3.05) is 6.61 Å². The zero-order chi connectivity index (χ0) is 21.5. The molecule has 0 saturated heterocycles. The topological polar surface area (TPSA) is 118 Å². The van der Waals surface area contributed by atoms with Crippen molar-refractivity contribution in [3.8, 4) is 17.2 Å². The van der Waals surface area contributed by atoms with E-state index >= 15 is 0 Å². The fourth-order valence-corrected chi connectivity index (χ4v) is 2.46. The van der Waals surface area contributed by atoms with Crippen LogP contribution >= 0.6 is 0 Å². The second-order valence-corrected chi connectivity index (χ2v) is 6.94. The highest BCUT2D eigenvalue weighted by Crippen LogP contribution is 2.21. The summed E-state index contributed by atoms with van der Waals surface area (Å²) in [5.74, 6) is 1.02. The minimum atomic E-state index is -0.529. The van der Waals surface area contributed by atoms with Crippen LogP contribution in [0, 0.1) is 16.0 Å². The molecular weight excluding hydrogens is 390 g/mol. The number of esters is 1. The number of nitro groups is 1. The van der Waals surface area contributed by atoms with Crippen LogP contribution in [0.1, 0.15) is 36.5 Å². The van der Waals surface area contributed by atoms with E-state index in [9.17, 15) is 14.9 Å². The Kier molecular flexibility index (Phi) is 6.74. The summed E-state index contributed by atoms with van der Waals surface area (Å²) in [6, 6.07) is 12.4. The van der Waals surface area contributed by atoms with Gasteiger partial charge in [-0.25, -0.2) is 4.79 Å². The SMILES string of the molecule is CC(C)CCOc1ccc(C(=O)OCc2nnc(-c3ccc([N+](=O)[O-])cc3)o2)cc1. The molecule has 0 fully saturated rings. The van der Waals surface area contributed by atoms with Crippen LogP contribution in [0.4, 0.5) is 5.69 Å². The van der Waals surface area contributed by atoms with Crippen molar-refractivity contribution in [1.82, 2.24) is 10.2 Å². The first-order valence-corrected chi connectivity index (χ1v) is 9.39. The van der Waals surface area contributed by atoms with Crippen LogP contribution < -0.4 is 4.74 Å². The average Bonchev–Trinajstić information content (AvgIpc) is 3.21. The average molecular weight is 411 g/mol. The van der Waals surface area contributed by atoms with Gasteiger partial charge in [0, 0.05) is 17.7 Å². The van der Waals surface area contributed by atoms with E-state index in [1.54, 1.807) is 24.3 Å². The zero-order valence-electron chi connectivity index (χ0n) is 16.6. The van der Waals surface area contributed by atoms with Crippen LogP contribution in [0.25, 0.3) is 11.5 Å². The Morgan fingerprint density at radius 1 is 1.10 bits per heavy atom. The summed E-state index contributed by atoms with van der Waals surface area (Å²) in [5.41, 5.74) is 0.865. The van der Waals surface area contributed by atoms with Crippen molar-refractivity contribution in [3.63, 3.8) is 0 Å². The molecular formula is C21H21N3O6. The third-order valence-electron chi connectivity index (χ3n) is 4.17. The third-order valence-corrected chi connectivity index (χ3v) is 4.17.